The molecule has 2 rings (SSSR count). The Hall–Kier alpha value is -1.02. The highest BCUT2D eigenvalue weighted by Crippen LogP contribution is 2.19. The molecule has 0 unspecified atom stereocenters. The molecule has 0 saturated carbocycles. The van der Waals surface area contributed by atoms with E-state index in [-0.39, 0.29) is 0 Å². The van der Waals surface area contributed by atoms with Crippen molar-refractivity contribution >= 4 is 22.6 Å². The zero-order chi connectivity index (χ0) is 9.42. The minimum absolute atomic E-state index is 0.463. The van der Waals surface area contributed by atoms with Crippen molar-refractivity contribution in [3.8, 4) is 0 Å². The normalized spacial score (nSPS) is 11.0. The van der Waals surface area contributed by atoms with Gasteiger partial charge in [0, 0.05) is 7.05 Å². The first-order valence-corrected chi connectivity index (χ1v) is 4.74. The first-order chi connectivity index (χ1) is 6.24. The maximum Gasteiger partial charge on any atom is 0.124 e. The van der Waals surface area contributed by atoms with Crippen LogP contribution in [0.5, 0.6) is 0 Å². The third-order valence-electron chi connectivity index (χ3n) is 2.31. The number of fused-ring (bicyclic) bond motifs is 1. The van der Waals surface area contributed by atoms with Gasteiger partial charge in [-0.2, -0.15) is 0 Å². The topological polar surface area (TPSA) is 17.8 Å². The van der Waals surface area contributed by atoms with Gasteiger partial charge in [-0.15, -0.1) is 11.6 Å². The van der Waals surface area contributed by atoms with Crippen molar-refractivity contribution < 1.29 is 0 Å². The van der Waals surface area contributed by atoms with Crippen molar-refractivity contribution in [2.45, 2.75) is 12.8 Å². The van der Waals surface area contributed by atoms with Crippen LogP contribution in [0.15, 0.2) is 18.2 Å². The smallest absolute Gasteiger partial charge is 0.124 e. The van der Waals surface area contributed by atoms with Gasteiger partial charge in [-0.05, 0) is 18.6 Å². The van der Waals surface area contributed by atoms with E-state index in [1.807, 2.05) is 19.2 Å². The van der Waals surface area contributed by atoms with Crippen molar-refractivity contribution in [3.63, 3.8) is 0 Å². The van der Waals surface area contributed by atoms with Crippen LogP contribution < -0.4 is 0 Å². The highest BCUT2D eigenvalue weighted by Gasteiger charge is 2.07. The van der Waals surface area contributed by atoms with Gasteiger partial charge in [0.15, 0.2) is 0 Å². The number of hydrogen-bond donors (Lipinski definition) is 0. The van der Waals surface area contributed by atoms with Crippen LogP contribution in [-0.2, 0) is 12.9 Å². The molecule has 0 N–H and O–H groups in total. The number of halogens is 1. The largest absolute Gasteiger partial charge is 0.330 e. The predicted molar refractivity (Wildman–Crippen MR) is 55.0 cm³/mol. The zero-order valence-corrected chi connectivity index (χ0v) is 8.47. The van der Waals surface area contributed by atoms with E-state index in [1.165, 1.54) is 11.1 Å². The molecule has 1 aromatic carbocycles. The molecular formula is C10H11ClN2. The van der Waals surface area contributed by atoms with Crippen LogP contribution in [0.1, 0.15) is 11.4 Å². The lowest BCUT2D eigenvalue weighted by Crippen LogP contribution is -1.94. The van der Waals surface area contributed by atoms with E-state index in [4.69, 9.17) is 11.6 Å². The Morgan fingerprint density at radius 1 is 1.46 bits per heavy atom. The van der Waals surface area contributed by atoms with Gasteiger partial charge in [-0.1, -0.05) is 12.1 Å². The quantitative estimate of drug-likeness (QED) is 0.639. The van der Waals surface area contributed by atoms with Crippen molar-refractivity contribution in [2.24, 2.45) is 7.05 Å². The number of aromatic nitrogens is 2. The number of rotatable bonds is 1. The van der Waals surface area contributed by atoms with Crippen LogP contribution >= 0.6 is 11.6 Å². The van der Waals surface area contributed by atoms with E-state index in [9.17, 15) is 0 Å². The summed E-state index contributed by atoms with van der Waals surface area (Å²) in [4.78, 5) is 4.42. The molecule has 0 atom stereocenters. The SMILES string of the molecule is Cc1cccc2nc(CCl)n(C)c12. The maximum absolute atomic E-state index is 5.77. The third-order valence-corrected chi connectivity index (χ3v) is 2.55. The Labute approximate surface area is 82.1 Å². The molecule has 0 radical (unpaired) electrons. The van der Waals surface area contributed by atoms with Gasteiger partial charge in [-0.3, -0.25) is 0 Å². The first kappa shape index (κ1) is 8.57. The van der Waals surface area contributed by atoms with Crippen molar-refractivity contribution in [2.75, 3.05) is 0 Å². The van der Waals surface area contributed by atoms with E-state index in [0.29, 0.717) is 5.88 Å². The molecule has 0 aliphatic carbocycles. The molecule has 68 valence electrons. The van der Waals surface area contributed by atoms with Gasteiger partial charge >= 0.3 is 0 Å². The first-order valence-electron chi connectivity index (χ1n) is 4.21. The number of imidazole rings is 1. The number of benzene rings is 1. The Bertz CT molecular complexity index is 445. The van der Waals surface area contributed by atoms with E-state index in [2.05, 4.69) is 22.5 Å². The van der Waals surface area contributed by atoms with Crippen molar-refractivity contribution in [3.05, 3.63) is 29.6 Å². The molecule has 13 heavy (non-hydrogen) atoms. The molecule has 0 fully saturated rings. The highest BCUT2D eigenvalue weighted by molar-refractivity contribution is 6.16. The van der Waals surface area contributed by atoms with Crippen molar-refractivity contribution in [1.82, 2.24) is 9.55 Å². The lowest BCUT2D eigenvalue weighted by Gasteiger charge is -2.00. The average molecular weight is 195 g/mol. The summed E-state index contributed by atoms with van der Waals surface area (Å²) in [6.45, 7) is 2.09. The molecule has 0 saturated heterocycles. The molecule has 0 amide bonds. The Morgan fingerprint density at radius 3 is 2.85 bits per heavy atom. The van der Waals surface area contributed by atoms with E-state index < -0.39 is 0 Å². The van der Waals surface area contributed by atoms with E-state index in [1.54, 1.807) is 0 Å². The molecular weight excluding hydrogens is 184 g/mol. The fourth-order valence-electron chi connectivity index (χ4n) is 1.63. The third kappa shape index (κ3) is 1.22. The molecule has 2 nitrogen and oxygen atoms in total. The molecule has 1 aromatic heterocycles. The Kier molecular flexibility index (Phi) is 2.00. The summed E-state index contributed by atoms with van der Waals surface area (Å²) in [5.41, 5.74) is 3.44. The van der Waals surface area contributed by atoms with Crippen LogP contribution in [0.2, 0.25) is 0 Å². The summed E-state index contributed by atoms with van der Waals surface area (Å²) >= 11 is 5.77. The second-order valence-corrected chi connectivity index (χ2v) is 3.43. The van der Waals surface area contributed by atoms with Gasteiger partial charge < -0.3 is 4.57 Å². The molecule has 1 heterocycles. The summed E-state index contributed by atoms with van der Waals surface area (Å²) in [5, 5.41) is 0. The van der Waals surface area contributed by atoms with Crippen molar-refractivity contribution in [1.29, 1.82) is 0 Å². The molecule has 0 bridgehead atoms. The highest BCUT2D eigenvalue weighted by atomic mass is 35.5. The number of para-hydroxylation sites is 1. The van der Waals surface area contributed by atoms with E-state index in [0.717, 1.165) is 11.3 Å². The van der Waals surface area contributed by atoms with Gasteiger partial charge in [0.25, 0.3) is 0 Å². The molecule has 3 heteroatoms. The lowest BCUT2D eigenvalue weighted by atomic mass is 10.2. The van der Waals surface area contributed by atoms with Crippen LogP contribution in [0.4, 0.5) is 0 Å². The molecule has 0 aliphatic rings. The fourth-order valence-corrected chi connectivity index (χ4v) is 1.87. The van der Waals surface area contributed by atoms with E-state index >= 15 is 0 Å². The number of nitrogens with zero attached hydrogens (tertiary/aromatic N) is 2. The summed E-state index contributed by atoms with van der Waals surface area (Å²) in [5.74, 6) is 1.39. The molecule has 2 aromatic rings. The maximum atomic E-state index is 5.77. The Balaban J connectivity index is 2.85. The number of hydrogen-bond acceptors (Lipinski definition) is 1. The van der Waals surface area contributed by atoms with Gasteiger partial charge in [0.1, 0.15) is 5.82 Å². The standard InChI is InChI=1S/C10H11ClN2/c1-7-4-3-5-8-10(7)13(2)9(6-11)12-8/h3-5H,6H2,1-2H3. The number of aryl methyl sites for hydroxylation is 2. The Morgan fingerprint density at radius 2 is 2.23 bits per heavy atom. The monoisotopic (exact) mass is 194 g/mol. The number of alkyl halides is 1. The minimum atomic E-state index is 0.463. The van der Waals surface area contributed by atoms with Crippen LogP contribution in [0.3, 0.4) is 0 Å². The summed E-state index contributed by atoms with van der Waals surface area (Å²) in [6.07, 6.45) is 0. The fraction of sp³-hybridized carbons (Fsp3) is 0.300. The van der Waals surface area contributed by atoms with Gasteiger partial charge in [0.2, 0.25) is 0 Å². The summed E-state index contributed by atoms with van der Waals surface area (Å²) in [7, 11) is 2.00. The van der Waals surface area contributed by atoms with Crippen LogP contribution in [0.25, 0.3) is 11.0 Å². The van der Waals surface area contributed by atoms with Gasteiger partial charge in [0.05, 0.1) is 16.9 Å². The summed E-state index contributed by atoms with van der Waals surface area (Å²) in [6, 6.07) is 6.11. The van der Waals surface area contributed by atoms with Gasteiger partial charge in [-0.25, -0.2) is 4.98 Å². The van der Waals surface area contributed by atoms with Crippen LogP contribution in [-0.4, -0.2) is 9.55 Å². The molecule has 0 aliphatic heterocycles. The second kappa shape index (κ2) is 3.04. The lowest BCUT2D eigenvalue weighted by molar-refractivity contribution is 0.871. The second-order valence-electron chi connectivity index (χ2n) is 3.16. The summed E-state index contributed by atoms with van der Waals surface area (Å²) < 4.78 is 2.05. The predicted octanol–water partition coefficient (Wildman–Crippen LogP) is 2.62. The average Bonchev–Trinajstić information content (AvgIpc) is 2.44. The van der Waals surface area contributed by atoms with Crippen LogP contribution in [0, 0.1) is 6.92 Å². The zero-order valence-electron chi connectivity index (χ0n) is 7.71. The minimum Gasteiger partial charge on any atom is -0.330 e. The molecule has 0 spiro atoms.